The summed E-state index contributed by atoms with van der Waals surface area (Å²) < 4.78 is 4.45. The molecule has 0 fully saturated rings. The van der Waals surface area contributed by atoms with Crippen molar-refractivity contribution in [1.82, 2.24) is 5.16 Å². The van der Waals surface area contributed by atoms with Crippen molar-refractivity contribution in [1.29, 1.82) is 0 Å². The standard InChI is InChI=1S/C6H8N2O3/c1-4(9)6(10)7-5-2-3-11-8-5/h2-4,9H,1H3,(H,7,8,10)/t4-/m0/s1. The zero-order chi connectivity index (χ0) is 8.27. The topological polar surface area (TPSA) is 75.4 Å². The first-order valence-electron chi connectivity index (χ1n) is 3.09. The van der Waals surface area contributed by atoms with Crippen LogP contribution in [0.15, 0.2) is 16.9 Å². The molecule has 0 saturated carbocycles. The van der Waals surface area contributed by atoms with E-state index in [-0.39, 0.29) is 0 Å². The molecule has 0 unspecified atom stereocenters. The van der Waals surface area contributed by atoms with Crippen molar-refractivity contribution < 1.29 is 14.4 Å². The minimum absolute atomic E-state index is 0.302. The molecule has 0 aliphatic rings. The van der Waals surface area contributed by atoms with E-state index in [1.165, 1.54) is 19.3 Å². The highest BCUT2D eigenvalue weighted by atomic mass is 16.5. The van der Waals surface area contributed by atoms with Crippen LogP contribution in [-0.2, 0) is 4.79 Å². The van der Waals surface area contributed by atoms with Gasteiger partial charge in [-0.05, 0) is 6.92 Å². The zero-order valence-corrected chi connectivity index (χ0v) is 5.94. The number of anilines is 1. The number of aliphatic hydroxyl groups excluding tert-OH is 1. The summed E-state index contributed by atoms with van der Waals surface area (Å²) >= 11 is 0. The summed E-state index contributed by atoms with van der Waals surface area (Å²) in [7, 11) is 0. The molecular formula is C6H8N2O3. The molecule has 5 nitrogen and oxygen atoms in total. The third kappa shape index (κ3) is 2.05. The van der Waals surface area contributed by atoms with E-state index >= 15 is 0 Å². The van der Waals surface area contributed by atoms with Crippen molar-refractivity contribution in [3.63, 3.8) is 0 Å². The van der Waals surface area contributed by atoms with Gasteiger partial charge in [0.15, 0.2) is 5.82 Å². The molecule has 1 rings (SSSR count). The third-order valence-electron chi connectivity index (χ3n) is 1.07. The number of carbonyl (C=O) groups is 1. The van der Waals surface area contributed by atoms with Gasteiger partial charge in [0, 0.05) is 6.07 Å². The van der Waals surface area contributed by atoms with E-state index in [2.05, 4.69) is 15.0 Å². The quantitative estimate of drug-likeness (QED) is 0.631. The Labute approximate surface area is 63.0 Å². The molecule has 0 bridgehead atoms. The number of rotatable bonds is 2. The minimum Gasteiger partial charge on any atom is -0.384 e. The molecule has 1 aromatic rings. The molecule has 0 saturated heterocycles. The predicted molar refractivity (Wildman–Crippen MR) is 36.8 cm³/mol. The largest absolute Gasteiger partial charge is 0.384 e. The average molecular weight is 156 g/mol. The number of carbonyl (C=O) groups excluding carboxylic acids is 1. The van der Waals surface area contributed by atoms with Gasteiger partial charge in [-0.1, -0.05) is 5.16 Å². The number of aliphatic hydroxyl groups is 1. The fourth-order valence-electron chi connectivity index (χ4n) is 0.508. The van der Waals surface area contributed by atoms with Gasteiger partial charge >= 0.3 is 0 Å². The van der Waals surface area contributed by atoms with Gasteiger partial charge in [-0.15, -0.1) is 0 Å². The van der Waals surface area contributed by atoms with Crippen molar-refractivity contribution in [2.75, 3.05) is 5.32 Å². The Morgan fingerprint density at radius 2 is 2.64 bits per heavy atom. The molecule has 1 amide bonds. The van der Waals surface area contributed by atoms with Gasteiger partial charge in [0.2, 0.25) is 0 Å². The average Bonchev–Trinajstić information content (AvgIpc) is 2.39. The lowest BCUT2D eigenvalue weighted by Crippen LogP contribution is -2.24. The summed E-state index contributed by atoms with van der Waals surface area (Å²) in [4.78, 5) is 10.8. The van der Waals surface area contributed by atoms with Crippen molar-refractivity contribution in [3.05, 3.63) is 12.3 Å². The van der Waals surface area contributed by atoms with Gasteiger partial charge < -0.3 is 14.9 Å². The van der Waals surface area contributed by atoms with E-state index in [0.717, 1.165) is 0 Å². The van der Waals surface area contributed by atoms with Crippen LogP contribution in [0.3, 0.4) is 0 Å². The van der Waals surface area contributed by atoms with Crippen molar-refractivity contribution in [3.8, 4) is 0 Å². The van der Waals surface area contributed by atoms with Crippen LogP contribution in [-0.4, -0.2) is 22.3 Å². The Balaban J connectivity index is 2.50. The smallest absolute Gasteiger partial charge is 0.254 e. The number of nitrogens with zero attached hydrogens (tertiary/aromatic N) is 1. The predicted octanol–water partition coefficient (Wildman–Crippen LogP) is -0.00610. The Kier molecular flexibility index (Phi) is 2.22. The van der Waals surface area contributed by atoms with Gasteiger partial charge in [0.05, 0.1) is 0 Å². The van der Waals surface area contributed by atoms with Crippen LogP contribution in [0.4, 0.5) is 5.82 Å². The molecule has 0 spiro atoms. The summed E-state index contributed by atoms with van der Waals surface area (Å²) in [5.74, 6) is -0.199. The van der Waals surface area contributed by atoms with Gasteiger partial charge in [-0.2, -0.15) is 0 Å². The maximum atomic E-state index is 10.8. The monoisotopic (exact) mass is 156 g/mol. The Hall–Kier alpha value is -1.36. The normalized spacial score (nSPS) is 12.5. The highest BCUT2D eigenvalue weighted by Gasteiger charge is 2.09. The van der Waals surface area contributed by atoms with E-state index < -0.39 is 12.0 Å². The molecule has 0 aliphatic heterocycles. The SMILES string of the molecule is C[C@H](O)C(=O)Nc1ccon1. The third-order valence-corrected chi connectivity index (χ3v) is 1.07. The Morgan fingerprint density at radius 1 is 1.91 bits per heavy atom. The van der Waals surface area contributed by atoms with E-state index in [1.54, 1.807) is 0 Å². The number of amides is 1. The van der Waals surface area contributed by atoms with Gasteiger partial charge in [-0.3, -0.25) is 4.79 Å². The number of hydrogen-bond donors (Lipinski definition) is 2. The van der Waals surface area contributed by atoms with Crippen molar-refractivity contribution in [2.45, 2.75) is 13.0 Å². The van der Waals surface area contributed by atoms with Crippen LogP contribution in [0.2, 0.25) is 0 Å². The molecule has 0 aliphatic carbocycles. The summed E-state index contributed by atoms with van der Waals surface area (Å²) in [6.45, 7) is 1.37. The van der Waals surface area contributed by atoms with Crippen LogP contribution in [0.25, 0.3) is 0 Å². The lowest BCUT2D eigenvalue weighted by molar-refractivity contribution is -0.123. The molecule has 1 aromatic heterocycles. The zero-order valence-electron chi connectivity index (χ0n) is 5.94. The second kappa shape index (κ2) is 3.16. The molecule has 60 valence electrons. The molecule has 0 aromatic carbocycles. The fourth-order valence-corrected chi connectivity index (χ4v) is 0.508. The molecule has 5 heteroatoms. The van der Waals surface area contributed by atoms with Crippen LogP contribution in [0.1, 0.15) is 6.92 Å². The number of aromatic nitrogens is 1. The van der Waals surface area contributed by atoms with Gasteiger partial charge in [0.1, 0.15) is 12.4 Å². The molecule has 0 radical (unpaired) electrons. The van der Waals surface area contributed by atoms with Crippen LogP contribution in [0, 0.1) is 0 Å². The van der Waals surface area contributed by atoms with Gasteiger partial charge in [0.25, 0.3) is 5.91 Å². The highest BCUT2D eigenvalue weighted by Crippen LogP contribution is 2.01. The fraction of sp³-hybridized carbons (Fsp3) is 0.333. The Morgan fingerprint density at radius 3 is 3.09 bits per heavy atom. The molecule has 2 N–H and O–H groups in total. The molecule has 11 heavy (non-hydrogen) atoms. The lowest BCUT2D eigenvalue weighted by Gasteiger charge is -2.01. The Bertz CT molecular complexity index is 230. The molecular weight excluding hydrogens is 148 g/mol. The maximum absolute atomic E-state index is 10.8. The van der Waals surface area contributed by atoms with E-state index in [9.17, 15) is 4.79 Å². The number of nitrogens with one attached hydrogen (secondary N) is 1. The van der Waals surface area contributed by atoms with Crippen LogP contribution >= 0.6 is 0 Å². The summed E-state index contributed by atoms with van der Waals surface area (Å²) in [6, 6.07) is 1.49. The maximum Gasteiger partial charge on any atom is 0.254 e. The minimum atomic E-state index is -1.04. The molecule has 1 heterocycles. The highest BCUT2D eigenvalue weighted by molar-refractivity contribution is 5.92. The lowest BCUT2D eigenvalue weighted by atomic mass is 10.4. The van der Waals surface area contributed by atoms with Crippen LogP contribution < -0.4 is 5.32 Å². The van der Waals surface area contributed by atoms with Crippen molar-refractivity contribution >= 4 is 11.7 Å². The van der Waals surface area contributed by atoms with E-state index in [0.29, 0.717) is 5.82 Å². The summed E-state index contributed by atoms with van der Waals surface area (Å²) in [5, 5.41) is 14.5. The van der Waals surface area contributed by atoms with E-state index in [1.807, 2.05) is 0 Å². The second-order valence-corrected chi connectivity index (χ2v) is 2.05. The second-order valence-electron chi connectivity index (χ2n) is 2.05. The van der Waals surface area contributed by atoms with Crippen LogP contribution in [0.5, 0.6) is 0 Å². The molecule has 1 atom stereocenters. The van der Waals surface area contributed by atoms with E-state index in [4.69, 9.17) is 5.11 Å². The summed E-state index contributed by atoms with van der Waals surface area (Å²) in [6.07, 6.45) is 0.296. The first kappa shape index (κ1) is 7.74. The number of hydrogen-bond acceptors (Lipinski definition) is 4. The van der Waals surface area contributed by atoms with Crippen molar-refractivity contribution in [2.24, 2.45) is 0 Å². The first-order valence-corrected chi connectivity index (χ1v) is 3.09. The first-order chi connectivity index (χ1) is 5.20. The summed E-state index contributed by atoms with van der Waals surface area (Å²) in [5.41, 5.74) is 0. The van der Waals surface area contributed by atoms with Gasteiger partial charge in [-0.25, -0.2) is 0 Å².